The molecule has 2 aliphatic rings. The standard InChI is InChI=1S/C77H70O17Si/c1-77(2,3)95(59-45-27-11-28-46-59,60-47-29-12-30-48-60)86-51-62-63(89-70(79)54-35-17-6-18-36-54)65(84-49-52-31-13-4-14-32-52)67(91-72(81)56-39-21-8-22-40-56)75(88-62)93-64-61(50-85-69(78)53-33-15-5-16-34-53)87-76(94-74(83)58-43-25-10-26-44-58)68(92-73(82)57-41-23-9-24-42-57)66(64)90-71(80)55-37-19-7-20-38-55/h4-48,61-68,75-76H,49-51H2,1-3H3/t61-,62-,63+,64-,65+,66+,67-,68+,75-,76-/m1/s1. The van der Waals surface area contributed by atoms with Crippen LogP contribution in [0.1, 0.15) is 88.5 Å². The highest BCUT2D eigenvalue weighted by Gasteiger charge is 2.59. The molecule has 10 atom stereocenters. The number of carbonyl (C=O) groups excluding carboxylic acids is 6. The Bertz CT molecular complexity index is 3930. The Balaban J connectivity index is 1.11. The maximum atomic E-state index is 15.0. The fraction of sp³-hybridized carbons (Fsp3) is 0.221. The molecule has 11 rings (SSSR count). The van der Waals surface area contributed by atoms with Gasteiger partial charge in [0.1, 0.15) is 31.0 Å². The molecule has 9 aromatic carbocycles. The van der Waals surface area contributed by atoms with Crippen molar-refractivity contribution in [1.29, 1.82) is 0 Å². The largest absolute Gasteiger partial charge is 0.459 e. The average molecular weight is 1300 g/mol. The molecule has 0 amide bonds. The summed E-state index contributed by atoms with van der Waals surface area (Å²) < 4.78 is 74.7. The summed E-state index contributed by atoms with van der Waals surface area (Å²) in [5.74, 6) is -5.36. The van der Waals surface area contributed by atoms with Crippen LogP contribution in [0.3, 0.4) is 0 Å². The van der Waals surface area contributed by atoms with E-state index in [1.165, 1.54) is 36.4 Å². The van der Waals surface area contributed by atoms with Gasteiger partial charge in [-0.15, -0.1) is 0 Å². The summed E-state index contributed by atoms with van der Waals surface area (Å²) in [5.41, 5.74) is 1.25. The van der Waals surface area contributed by atoms with Gasteiger partial charge in [0.15, 0.2) is 24.6 Å². The highest BCUT2D eigenvalue weighted by molar-refractivity contribution is 6.99. The third-order valence-corrected chi connectivity index (χ3v) is 21.3. The SMILES string of the molecule is CC(C)(C)[Si](OC[C@H]1O[C@H](O[C@H]2[C@H](OC(=O)c3ccccc3)[C@H](OC(=O)c3ccccc3)[C@@H](OC(=O)c3ccccc3)O[C@@H]2COC(=O)c2ccccc2)[C@H](OC(=O)c2ccccc2)[C@@H](OCc2ccccc2)[C@H]1OC(=O)c1ccccc1)(c1ccccc1)c1ccccc1. The second-order valence-corrected chi connectivity index (χ2v) is 27.9. The predicted octanol–water partition coefficient (Wildman–Crippen LogP) is 11.6. The molecule has 0 N–H and O–H groups in total. The van der Waals surface area contributed by atoms with E-state index in [1.54, 1.807) is 146 Å². The molecule has 484 valence electrons. The molecular formula is C77H70O17Si. The minimum Gasteiger partial charge on any atom is -0.459 e. The summed E-state index contributed by atoms with van der Waals surface area (Å²) in [4.78, 5) is 88.1. The predicted molar refractivity (Wildman–Crippen MR) is 352 cm³/mol. The van der Waals surface area contributed by atoms with Crippen LogP contribution in [0.2, 0.25) is 5.04 Å². The molecule has 0 spiro atoms. The van der Waals surface area contributed by atoms with Crippen LogP contribution in [-0.4, -0.2) is 119 Å². The second-order valence-electron chi connectivity index (χ2n) is 23.6. The number of benzene rings is 9. The van der Waals surface area contributed by atoms with Crippen LogP contribution in [0, 0.1) is 0 Å². The van der Waals surface area contributed by atoms with E-state index in [9.17, 15) is 24.0 Å². The van der Waals surface area contributed by atoms with E-state index < -0.39 is 117 Å². The van der Waals surface area contributed by atoms with Gasteiger partial charge in [-0.2, -0.15) is 0 Å². The third-order valence-electron chi connectivity index (χ3n) is 16.3. The zero-order valence-electron chi connectivity index (χ0n) is 52.3. The molecule has 18 heteroatoms. The van der Waals surface area contributed by atoms with Gasteiger partial charge < -0.3 is 51.8 Å². The van der Waals surface area contributed by atoms with E-state index in [0.717, 1.165) is 10.4 Å². The van der Waals surface area contributed by atoms with Crippen molar-refractivity contribution in [3.05, 3.63) is 312 Å². The van der Waals surface area contributed by atoms with E-state index in [1.807, 2.05) is 91.0 Å². The van der Waals surface area contributed by atoms with E-state index in [0.29, 0.717) is 5.56 Å². The van der Waals surface area contributed by atoms with Crippen LogP contribution >= 0.6 is 0 Å². The van der Waals surface area contributed by atoms with Gasteiger partial charge in [-0.05, 0) is 93.8 Å². The van der Waals surface area contributed by atoms with E-state index in [2.05, 4.69) is 20.8 Å². The van der Waals surface area contributed by atoms with Gasteiger partial charge in [0, 0.05) is 0 Å². The molecule has 9 aromatic rings. The van der Waals surface area contributed by atoms with Gasteiger partial charge in [-0.1, -0.05) is 221 Å². The summed E-state index contributed by atoms with van der Waals surface area (Å²) in [6, 6.07) is 77.2. The Kier molecular flexibility index (Phi) is 21.7. The number of ether oxygens (including phenoxy) is 10. The molecule has 0 radical (unpaired) electrons. The Labute approximate surface area is 551 Å². The summed E-state index contributed by atoms with van der Waals surface area (Å²) in [6.45, 7) is 5.07. The zero-order chi connectivity index (χ0) is 66.2. The third kappa shape index (κ3) is 16.1. The summed E-state index contributed by atoms with van der Waals surface area (Å²) in [6.07, 6.45) is -17.4. The smallest absolute Gasteiger partial charge is 0.340 e. The van der Waals surface area contributed by atoms with Crippen molar-refractivity contribution in [2.45, 2.75) is 93.8 Å². The number of carbonyl (C=O) groups is 6. The van der Waals surface area contributed by atoms with E-state index in [4.69, 9.17) is 51.8 Å². The van der Waals surface area contributed by atoms with Gasteiger partial charge in [0.2, 0.25) is 12.4 Å². The second kappa shape index (κ2) is 31.2. The topological polar surface area (TPSA) is 204 Å². The van der Waals surface area contributed by atoms with Gasteiger partial charge in [-0.3, -0.25) is 0 Å². The summed E-state index contributed by atoms with van der Waals surface area (Å²) >= 11 is 0. The Morgan fingerprint density at radius 2 is 0.653 bits per heavy atom. The number of hydrogen-bond acceptors (Lipinski definition) is 17. The molecule has 17 nitrogen and oxygen atoms in total. The van der Waals surface area contributed by atoms with Crippen LogP contribution < -0.4 is 10.4 Å². The van der Waals surface area contributed by atoms with Crippen molar-refractivity contribution < 1.29 is 80.6 Å². The maximum absolute atomic E-state index is 15.0. The van der Waals surface area contributed by atoms with E-state index >= 15 is 4.79 Å². The first-order valence-electron chi connectivity index (χ1n) is 31.1. The van der Waals surface area contributed by atoms with Gasteiger partial charge in [0.25, 0.3) is 8.32 Å². The van der Waals surface area contributed by atoms with Crippen molar-refractivity contribution in [2.75, 3.05) is 13.2 Å². The molecule has 2 aliphatic heterocycles. The average Bonchev–Trinajstić information content (AvgIpc) is 0.754. The molecule has 2 heterocycles. The van der Waals surface area contributed by atoms with Crippen molar-refractivity contribution in [2.24, 2.45) is 0 Å². The maximum Gasteiger partial charge on any atom is 0.340 e. The Hall–Kier alpha value is -10.2. The fourth-order valence-electron chi connectivity index (χ4n) is 11.6. The Morgan fingerprint density at radius 1 is 0.337 bits per heavy atom. The van der Waals surface area contributed by atoms with Crippen LogP contribution in [-0.2, 0) is 58.4 Å². The first-order chi connectivity index (χ1) is 46.2. The Morgan fingerprint density at radius 3 is 1.05 bits per heavy atom. The van der Waals surface area contributed by atoms with Crippen molar-refractivity contribution in [1.82, 2.24) is 0 Å². The minimum absolute atomic E-state index is 0.0392. The van der Waals surface area contributed by atoms with Gasteiger partial charge in [0.05, 0.1) is 46.6 Å². The first-order valence-corrected chi connectivity index (χ1v) is 33.0. The van der Waals surface area contributed by atoms with Gasteiger partial charge >= 0.3 is 35.8 Å². The zero-order valence-corrected chi connectivity index (χ0v) is 53.3. The molecular weight excluding hydrogens is 1220 g/mol. The summed E-state index contributed by atoms with van der Waals surface area (Å²) in [5, 5.41) is 1.20. The molecule has 0 aliphatic carbocycles. The lowest BCUT2D eigenvalue weighted by Gasteiger charge is -2.50. The lowest BCUT2D eigenvalue weighted by Crippen LogP contribution is -2.69. The lowest BCUT2D eigenvalue weighted by molar-refractivity contribution is -0.354. The minimum atomic E-state index is -3.54. The van der Waals surface area contributed by atoms with Crippen molar-refractivity contribution >= 4 is 54.5 Å². The normalized spacial score (nSPS) is 21.0. The van der Waals surface area contributed by atoms with Gasteiger partial charge in [-0.25, -0.2) is 28.8 Å². The van der Waals surface area contributed by atoms with E-state index in [-0.39, 0.29) is 46.6 Å². The molecule has 2 fully saturated rings. The van der Waals surface area contributed by atoms with Crippen LogP contribution in [0.15, 0.2) is 273 Å². The highest BCUT2D eigenvalue weighted by Crippen LogP contribution is 2.41. The molecule has 0 aromatic heterocycles. The molecule has 95 heavy (non-hydrogen) atoms. The lowest BCUT2D eigenvalue weighted by atomic mass is 9.95. The monoisotopic (exact) mass is 1290 g/mol. The van der Waals surface area contributed by atoms with Crippen molar-refractivity contribution in [3.8, 4) is 0 Å². The summed E-state index contributed by atoms with van der Waals surface area (Å²) in [7, 11) is -3.54. The molecule has 0 unspecified atom stereocenters. The first kappa shape index (κ1) is 66.3. The molecule has 0 bridgehead atoms. The highest BCUT2D eigenvalue weighted by atomic mass is 28.4. The fourth-order valence-corrected chi connectivity index (χ4v) is 16.2. The molecule has 0 saturated carbocycles. The molecule has 2 saturated heterocycles. The van der Waals surface area contributed by atoms with Crippen LogP contribution in [0.4, 0.5) is 0 Å². The number of rotatable bonds is 23. The van der Waals surface area contributed by atoms with Crippen LogP contribution in [0.5, 0.6) is 0 Å². The van der Waals surface area contributed by atoms with Crippen molar-refractivity contribution in [3.63, 3.8) is 0 Å². The number of hydrogen-bond donors (Lipinski definition) is 0. The van der Waals surface area contributed by atoms with Crippen LogP contribution in [0.25, 0.3) is 0 Å². The number of esters is 6. The quantitative estimate of drug-likeness (QED) is 0.0332.